The molecule has 5 rings (SSSR count). The van der Waals surface area contributed by atoms with Crippen molar-refractivity contribution in [3.8, 4) is 0 Å². The lowest BCUT2D eigenvalue weighted by atomic mass is 9.42. The molecule has 0 saturated heterocycles. The molecule has 0 aromatic heterocycles. The molecule has 4 aliphatic carbocycles. The molecule has 0 amide bonds. The van der Waals surface area contributed by atoms with Crippen LogP contribution in [0.25, 0.3) is 0 Å². The highest BCUT2D eigenvalue weighted by Crippen LogP contribution is 2.69. The molecule has 0 aromatic rings. The summed E-state index contributed by atoms with van der Waals surface area (Å²) in [6.45, 7) is 4.42. The van der Waals surface area contributed by atoms with Gasteiger partial charge in [-0.05, 0) is 73.7 Å². The lowest BCUT2D eigenvalue weighted by Crippen LogP contribution is -2.70. The van der Waals surface area contributed by atoms with Crippen LogP contribution >= 0.6 is 0 Å². The second-order valence-corrected chi connectivity index (χ2v) is 10.9. The Bertz CT molecular complexity index is 750. The minimum Gasteiger partial charge on any atom is -0.458 e. The molecule has 1 heterocycles. The maximum Gasteiger partial charge on any atom is 0.331 e. The number of fused-ring (bicyclic) bond motifs is 5. The van der Waals surface area contributed by atoms with E-state index in [1.54, 1.807) is 0 Å². The molecule has 0 unspecified atom stereocenters. The molecule has 29 heavy (non-hydrogen) atoms. The summed E-state index contributed by atoms with van der Waals surface area (Å²) in [4.78, 5) is 11.7. The predicted molar refractivity (Wildman–Crippen MR) is 105 cm³/mol. The molecule has 4 N–H and O–H groups in total. The number of esters is 1. The Labute approximate surface area is 172 Å². The Morgan fingerprint density at radius 2 is 1.83 bits per heavy atom. The van der Waals surface area contributed by atoms with Gasteiger partial charge in [0.1, 0.15) is 6.61 Å². The van der Waals surface area contributed by atoms with E-state index in [0.717, 1.165) is 18.4 Å². The van der Waals surface area contributed by atoms with Crippen LogP contribution < -0.4 is 0 Å². The standard InChI is InChI=1S/C23H34O6/c1-21-5-3-14(24)8-13(21)9-17(25)20-16(21)10-18(26)22(2)15(4-6-23(20,22)28)12-7-19(27)29-11-12/h7,13-18,20,24-26,28H,3-6,8-11H2,1-2H3/t13-,14-,15+,16-,17-,18+,20-,21-,22-,23-/m0/s1. The van der Waals surface area contributed by atoms with Crippen LogP contribution in [0.1, 0.15) is 58.8 Å². The summed E-state index contributed by atoms with van der Waals surface area (Å²) in [7, 11) is 0. The smallest absolute Gasteiger partial charge is 0.331 e. The van der Waals surface area contributed by atoms with Crippen molar-refractivity contribution in [2.75, 3.05) is 6.61 Å². The molecule has 5 aliphatic rings. The number of hydrogen-bond donors (Lipinski definition) is 4. The van der Waals surface area contributed by atoms with Crippen molar-refractivity contribution in [2.24, 2.45) is 34.5 Å². The number of hydrogen-bond acceptors (Lipinski definition) is 6. The lowest BCUT2D eigenvalue weighted by molar-refractivity contribution is -0.269. The number of rotatable bonds is 1. The van der Waals surface area contributed by atoms with Crippen LogP contribution in [0.4, 0.5) is 0 Å². The Balaban J connectivity index is 1.55. The number of aliphatic hydroxyl groups is 4. The summed E-state index contributed by atoms with van der Waals surface area (Å²) in [6, 6.07) is 0. The Kier molecular flexibility index (Phi) is 4.33. The van der Waals surface area contributed by atoms with Gasteiger partial charge >= 0.3 is 5.97 Å². The van der Waals surface area contributed by atoms with E-state index in [4.69, 9.17) is 4.74 Å². The third-order valence-corrected chi connectivity index (χ3v) is 10.1. The summed E-state index contributed by atoms with van der Waals surface area (Å²) >= 11 is 0. The third-order valence-electron chi connectivity index (χ3n) is 10.1. The van der Waals surface area contributed by atoms with Gasteiger partial charge in [0.05, 0.1) is 23.9 Å². The van der Waals surface area contributed by atoms with Gasteiger partial charge in [-0.3, -0.25) is 0 Å². The molecule has 0 radical (unpaired) electrons. The van der Waals surface area contributed by atoms with Gasteiger partial charge in [-0.1, -0.05) is 13.8 Å². The van der Waals surface area contributed by atoms with Gasteiger partial charge in [-0.2, -0.15) is 0 Å². The van der Waals surface area contributed by atoms with E-state index < -0.39 is 23.2 Å². The van der Waals surface area contributed by atoms with Crippen molar-refractivity contribution < 1.29 is 30.0 Å². The molecule has 4 fully saturated rings. The van der Waals surface area contributed by atoms with E-state index in [-0.39, 0.29) is 47.8 Å². The second-order valence-electron chi connectivity index (χ2n) is 10.9. The summed E-state index contributed by atoms with van der Waals surface area (Å²) < 4.78 is 5.13. The quantitative estimate of drug-likeness (QED) is 0.492. The number of cyclic esters (lactones) is 1. The SMILES string of the molecule is C[C@]12CC[C@H](O)C[C@H]1C[C@H](O)[C@@H]1[C@@H]2C[C@@H](O)[C@]2(C)[C@@H](C3=CC(=O)OC3)CC[C@]12O. The zero-order chi connectivity index (χ0) is 20.8. The fourth-order valence-electron chi connectivity index (χ4n) is 8.36. The Morgan fingerprint density at radius 3 is 2.52 bits per heavy atom. The van der Waals surface area contributed by atoms with Gasteiger partial charge in [0, 0.05) is 17.4 Å². The molecule has 4 saturated carbocycles. The number of carbonyl (C=O) groups excluding carboxylic acids is 1. The monoisotopic (exact) mass is 406 g/mol. The fourth-order valence-corrected chi connectivity index (χ4v) is 8.36. The molecule has 1 aliphatic heterocycles. The van der Waals surface area contributed by atoms with E-state index in [0.29, 0.717) is 32.1 Å². The van der Waals surface area contributed by atoms with Crippen molar-refractivity contribution in [1.29, 1.82) is 0 Å². The number of carbonyl (C=O) groups is 1. The maximum absolute atomic E-state index is 12.1. The van der Waals surface area contributed by atoms with Crippen molar-refractivity contribution in [3.63, 3.8) is 0 Å². The van der Waals surface area contributed by atoms with E-state index in [9.17, 15) is 25.2 Å². The van der Waals surface area contributed by atoms with Gasteiger partial charge in [-0.15, -0.1) is 0 Å². The summed E-state index contributed by atoms with van der Waals surface area (Å²) in [6.07, 6.45) is 4.48. The first-order chi connectivity index (χ1) is 13.6. The van der Waals surface area contributed by atoms with E-state index in [1.165, 1.54) is 6.08 Å². The van der Waals surface area contributed by atoms with Crippen LogP contribution in [0.2, 0.25) is 0 Å². The van der Waals surface area contributed by atoms with Gasteiger partial charge in [0.2, 0.25) is 0 Å². The van der Waals surface area contributed by atoms with Gasteiger partial charge in [0.15, 0.2) is 0 Å². The average molecular weight is 407 g/mol. The molecule has 10 atom stereocenters. The molecular formula is C23H34O6. The van der Waals surface area contributed by atoms with Crippen molar-refractivity contribution in [3.05, 3.63) is 11.6 Å². The summed E-state index contributed by atoms with van der Waals surface area (Å²) in [5.74, 6) is -0.540. The minimum absolute atomic E-state index is 0.0195. The zero-order valence-electron chi connectivity index (χ0n) is 17.4. The van der Waals surface area contributed by atoms with Crippen molar-refractivity contribution >= 4 is 5.97 Å². The second kappa shape index (κ2) is 6.28. The molecule has 6 nitrogen and oxygen atoms in total. The first-order valence-corrected chi connectivity index (χ1v) is 11.2. The van der Waals surface area contributed by atoms with Crippen LogP contribution in [0.5, 0.6) is 0 Å². The van der Waals surface area contributed by atoms with Gasteiger partial charge in [0.25, 0.3) is 0 Å². The fraction of sp³-hybridized carbons (Fsp3) is 0.870. The van der Waals surface area contributed by atoms with E-state index in [2.05, 4.69) is 6.92 Å². The molecular weight excluding hydrogens is 372 g/mol. The normalized spacial score (nSPS) is 56.8. The predicted octanol–water partition coefficient (Wildman–Crippen LogP) is 1.55. The minimum atomic E-state index is -1.18. The average Bonchev–Trinajstić information content (AvgIpc) is 3.19. The number of ether oxygens (including phenoxy) is 1. The van der Waals surface area contributed by atoms with Crippen LogP contribution in [0.3, 0.4) is 0 Å². The van der Waals surface area contributed by atoms with Gasteiger partial charge < -0.3 is 25.2 Å². The molecule has 0 aromatic carbocycles. The lowest BCUT2D eigenvalue weighted by Gasteiger charge is -2.66. The molecule has 6 heteroatoms. The highest BCUT2D eigenvalue weighted by Gasteiger charge is 2.72. The first kappa shape index (κ1) is 20.0. The maximum atomic E-state index is 12.1. The Hall–Kier alpha value is -0.950. The first-order valence-electron chi connectivity index (χ1n) is 11.2. The van der Waals surface area contributed by atoms with Gasteiger partial charge in [-0.25, -0.2) is 4.79 Å². The highest BCUT2D eigenvalue weighted by atomic mass is 16.5. The molecule has 0 spiro atoms. The highest BCUT2D eigenvalue weighted by molar-refractivity contribution is 5.85. The summed E-state index contributed by atoms with van der Waals surface area (Å²) in [5.41, 5.74) is -1.23. The van der Waals surface area contributed by atoms with Crippen LogP contribution in [-0.2, 0) is 9.53 Å². The third kappa shape index (κ3) is 2.46. The molecule has 0 bridgehead atoms. The van der Waals surface area contributed by atoms with Crippen molar-refractivity contribution in [2.45, 2.75) is 82.7 Å². The van der Waals surface area contributed by atoms with Crippen molar-refractivity contribution in [1.82, 2.24) is 0 Å². The summed E-state index contributed by atoms with van der Waals surface area (Å²) in [5, 5.41) is 45.0. The largest absolute Gasteiger partial charge is 0.458 e. The van der Waals surface area contributed by atoms with E-state index in [1.807, 2.05) is 6.92 Å². The molecule has 162 valence electrons. The van der Waals surface area contributed by atoms with Crippen LogP contribution in [0.15, 0.2) is 11.6 Å². The van der Waals surface area contributed by atoms with E-state index >= 15 is 0 Å². The van der Waals surface area contributed by atoms with Crippen LogP contribution in [0, 0.1) is 34.5 Å². The number of aliphatic hydroxyl groups excluding tert-OH is 3. The zero-order valence-corrected chi connectivity index (χ0v) is 17.4. The topological polar surface area (TPSA) is 107 Å². The Morgan fingerprint density at radius 1 is 1.07 bits per heavy atom. The van der Waals surface area contributed by atoms with Crippen LogP contribution in [-0.4, -0.2) is 56.9 Å².